The number of sulfonamides is 1. The van der Waals surface area contributed by atoms with Crippen molar-refractivity contribution in [1.29, 1.82) is 5.26 Å². The first-order chi connectivity index (χ1) is 7.46. The molecule has 1 rings (SSSR count). The Bertz CT molecular complexity index is 505. The third-order valence-corrected chi connectivity index (χ3v) is 2.55. The van der Waals surface area contributed by atoms with Crippen LogP contribution in [0.5, 0.6) is 5.75 Å². The number of methoxy groups -OCH3 is 1. The van der Waals surface area contributed by atoms with Gasteiger partial charge in [-0.05, 0) is 17.7 Å². The normalized spacial score (nSPS) is 12.8. The summed E-state index contributed by atoms with van der Waals surface area (Å²) in [5.41, 5.74) is 0.548. The molecule has 1 atom stereocenters. The van der Waals surface area contributed by atoms with Gasteiger partial charge in [0.1, 0.15) is 11.8 Å². The van der Waals surface area contributed by atoms with Gasteiger partial charge in [0.05, 0.1) is 19.4 Å². The van der Waals surface area contributed by atoms with Crippen molar-refractivity contribution in [3.63, 3.8) is 0 Å². The number of hydrogen-bond donors (Lipinski definition) is 1. The molecule has 0 radical (unpaired) electrons. The van der Waals surface area contributed by atoms with Crippen LogP contribution < -0.4 is 9.46 Å². The van der Waals surface area contributed by atoms with Gasteiger partial charge in [-0.25, -0.2) is 8.42 Å². The molecule has 0 heterocycles. The van der Waals surface area contributed by atoms with E-state index in [4.69, 9.17) is 10.00 Å². The van der Waals surface area contributed by atoms with Gasteiger partial charge in [0.15, 0.2) is 0 Å². The lowest BCUT2D eigenvalue weighted by Gasteiger charge is -2.10. The summed E-state index contributed by atoms with van der Waals surface area (Å²) in [6.45, 7) is 0. The highest BCUT2D eigenvalue weighted by Gasteiger charge is 2.15. The number of ether oxygens (including phenoxy) is 1. The van der Waals surface area contributed by atoms with Crippen LogP contribution in [0, 0.1) is 11.3 Å². The molecule has 0 fully saturated rings. The number of nitrogens with one attached hydrogen (secondary N) is 1. The zero-order valence-corrected chi connectivity index (χ0v) is 9.78. The van der Waals surface area contributed by atoms with Gasteiger partial charge in [-0.1, -0.05) is 12.1 Å². The van der Waals surface area contributed by atoms with E-state index in [9.17, 15) is 8.42 Å². The van der Waals surface area contributed by atoms with Crippen LogP contribution >= 0.6 is 0 Å². The highest BCUT2D eigenvalue weighted by atomic mass is 32.2. The molecule has 86 valence electrons. The predicted molar refractivity (Wildman–Crippen MR) is 59.3 cm³/mol. The molecular weight excluding hydrogens is 228 g/mol. The Morgan fingerprint density at radius 1 is 1.50 bits per heavy atom. The van der Waals surface area contributed by atoms with Crippen molar-refractivity contribution in [2.45, 2.75) is 6.04 Å². The van der Waals surface area contributed by atoms with Gasteiger partial charge in [0, 0.05) is 0 Å². The molecule has 0 aliphatic heterocycles. The maximum Gasteiger partial charge on any atom is 0.210 e. The Kier molecular flexibility index (Phi) is 3.88. The molecule has 6 heteroatoms. The highest BCUT2D eigenvalue weighted by Crippen LogP contribution is 2.18. The summed E-state index contributed by atoms with van der Waals surface area (Å²) in [4.78, 5) is 0. The van der Waals surface area contributed by atoms with E-state index in [1.165, 1.54) is 7.11 Å². The smallest absolute Gasteiger partial charge is 0.210 e. The standard InChI is InChI=1S/C10H12N2O3S/c1-15-9-5-3-4-8(6-9)10(7-11)12-16(2,13)14/h3-6,10,12H,1-2H3. The van der Waals surface area contributed by atoms with E-state index in [0.717, 1.165) is 6.26 Å². The molecule has 16 heavy (non-hydrogen) atoms. The molecule has 1 unspecified atom stereocenters. The van der Waals surface area contributed by atoms with Crippen molar-refractivity contribution >= 4 is 10.0 Å². The Labute approximate surface area is 94.7 Å². The number of nitrogens with zero attached hydrogens (tertiary/aromatic N) is 1. The van der Waals surface area contributed by atoms with Gasteiger partial charge in [0.25, 0.3) is 0 Å². The molecule has 5 nitrogen and oxygen atoms in total. The zero-order valence-electron chi connectivity index (χ0n) is 8.97. The maximum absolute atomic E-state index is 11.0. The number of hydrogen-bond acceptors (Lipinski definition) is 4. The fraction of sp³-hybridized carbons (Fsp3) is 0.300. The van der Waals surface area contributed by atoms with Crippen LogP contribution in [0.15, 0.2) is 24.3 Å². The second kappa shape index (κ2) is 4.96. The van der Waals surface area contributed by atoms with Crippen LogP contribution in [0.1, 0.15) is 11.6 Å². The minimum Gasteiger partial charge on any atom is -0.497 e. The van der Waals surface area contributed by atoms with E-state index in [-0.39, 0.29) is 0 Å². The topological polar surface area (TPSA) is 79.2 Å². The van der Waals surface area contributed by atoms with Crippen molar-refractivity contribution < 1.29 is 13.2 Å². The molecule has 0 aliphatic carbocycles. The molecule has 0 aliphatic rings. The zero-order chi connectivity index (χ0) is 12.2. The molecule has 1 aromatic carbocycles. The number of benzene rings is 1. The lowest BCUT2D eigenvalue weighted by molar-refractivity contribution is 0.414. The van der Waals surface area contributed by atoms with Crippen molar-refractivity contribution in [2.75, 3.05) is 13.4 Å². The van der Waals surface area contributed by atoms with Crippen molar-refractivity contribution in [1.82, 2.24) is 4.72 Å². The monoisotopic (exact) mass is 240 g/mol. The second-order valence-corrected chi connectivity index (χ2v) is 5.01. The van der Waals surface area contributed by atoms with Gasteiger partial charge >= 0.3 is 0 Å². The minimum absolute atomic E-state index is 0.548. The van der Waals surface area contributed by atoms with Crippen molar-refractivity contribution in [2.24, 2.45) is 0 Å². The van der Waals surface area contributed by atoms with E-state index < -0.39 is 16.1 Å². The summed E-state index contributed by atoms with van der Waals surface area (Å²) in [6.07, 6.45) is 1.01. The molecule has 0 amide bonds. The largest absolute Gasteiger partial charge is 0.497 e. The number of nitriles is 1. The van der Waals surface area contributed by atoms with Crippen molar-refractivity contribution in [3.8, 4) is 11.8 Å². The van der Waals surface area contributed by atoms with Crippen molar-refractivity contribution in [3.05, 3.63) is 29.8 Å². The van der Waals surface area contributed by atoms with Crippen LogP contribution in [0.4, 0.5) is 0 Å². The van der Waals surface area contributed by atoms with E-state index >= 15 is 0 Å². The molecule has 0 bridgehead atoms. The second-order valence-electron chi connectivity index (χ2n) is 3.23. The van der Waals surface area contributed by atoms with Gasteiger partial charge in [-0.2, -0.15) is 9.98 Å². The van der Waals surface area contributed by atoms with Gasteiger partial charge in [-0.3, -0.25) is 0 Å². The first-order valence-corrected chi connectivity index (χ1v) is 6.36. The first-order valence-electron chi connectivity index (χ1n) is 4.47. The molecule has 0 saturated heterocycles. The quantitative estimate of drug-likeness (QED) is 0.844. The summed E-state index contributed by atoms with van der Waals surface area (Å²) >= 11 is 0. The average Bonchev–Trinajstić information content (AvgIpc) is 2.25. The first kappa shape index (κ1) is 12.5. The van der Waals surface area contributed by atoms with Gasteiger partial charge in [0.2, 0.25) is 10.0 Å². The third-order valence-electron chi connectivity index (χ3n) is 1.89. The highest BCUT2D eigenvalue weighted by molar-refractivity contribution is 7.88. The summed E-state index contributed by atoms with van der Waals surface area (Å²) in [7, 11) is -1.91. The van der Waals surface area contributed by atoms with Gasteiger partial charge in [-0.15, -0.1) is 0 Å². The number of rotatable bonds is 4. The average molecular weight is 240 g/mol. The molecule has 0 saturated carbocycles. The Morgan fingerprint density at radius 3 is 2.69 bits per heavy atom. The Hall–Kier alpha value is -1.58. The van der Waals surface area contributed by atoms with E-state index in [1.54, 1.807) is 24.3 Å². The fourth-order valence-electron chi connectivity index (χ4n) is 1.20. The van der Waals surface area contributed by atoms with Crippen LogP contribution in [-0.2, 0) is 10.0 Å². The predicted octanol–water partition coefficient (Wildman–Crippen LogP) is 0.809. The molecule has 1 aromatic rings. The minimum atomic E-state index is -3.42. The third kappa shape index (κ3) is 3.53. The summed E-state index contributed by atoms with van der Waals surface area (Å²) in [6, 6.07) is 7.68. The Morgan fingerprint density at radius 2 is 2.19 bits per heavy atom. The lowest BCUT2D eigenvalue weighted by atomic mass is 10.1. The van der Waals surface area contributed by atoms with E-state index in [1.807, 2.05) is 6.07 Å². The van der Waals surface area contributed by atoms with Crippen LogP contribution in [0.2, 0.25) is 0 Å². The Balaban J connectivity index is 3.01. The summed E-state index contributed by atoms with van der Waals surface area (Å²) < 4.78 is 29.3. The molecular formula is C10H12N2O3S. The SMILES string of the molecule is COc1cccc(C(C#N)NS(C)(=O)=O)c1. The van der Waals surface area contributed by atoms with Gasteiger partial charge < -0.3 is 4.74 Å². The summed E-state index contributed by atoms with van der Waals surface area (Å²) in [5.74, 6) is 0.577. The molecule has 1 N–H and O–H groups in total. The fourth-order valence-corrected chi connectivity index (χ4v) is 1.82. The van der Waals surface area contributed by atoms with E-state index in [2.05, 4.69) is 4.72 Å². The maximum atomic E-state index is 11.0. The van der Waals surface area contributed by atoms with E-state index in [0.29, 0.717) is 11.3 Å². The van der Waals surface area contributed by atoms with Crippen LogP contribution in [0.25, 0.3) is 0 Å². The summed E-state index contributed by atoms with van der Waals surface area (Å²) in [5, 5.41) is 8.89. The van der Waals surface area contributed by atoms with Crippen LogP contribution in [0.3, 0.4) is 0 Å². The van der Waals surface area contributed by atoms with Crippen LogP contribution in [-0.4, -0.2) is 21.8 Å². The lowest BCUT2D eigenvalue weighted by Crippen LogP contribution is -2.26. The molecule has 0 aromatic heterocycles. The molecule has 0 spiro atoms.